The van der Waals surface area contributed by atoms with Gasteiger partial charge in [-0.1, -0.05) is 6.92 Å². The molecule has 3 fully saturated rings. The van der Waals surface area contributed by atoms with Crippen LogP contribution >= 0.6 is 11.8 Å². The van der Waals surface area contributed by atoms with Crippen LogP contribution in [0.1, 0.15) is 26.7 Å². The van der Waals surface area contributed by atoms with Gasteiger partial charge in [0.05, 0.1) is 30.7 Å². The number of fused-ring (bicyclic) bond motifs is 1. The number of likely N-dealkylation sites (N-methyl/N-ethyl adjacent to an activating group) is 1. The number of nitrogens with one attached hydrogen (secondary N) is 3. The van der Waals surface area contributed by atoms with Crippen molar-refractivity contribution in [3.63, 3.8) is 0 Å². The average molecular weight is 538 g/mol. The molecule has 3 amide bonds. The number of nitrogens with zero attached hydrogens (tertiary/aromatic N) is 3. The number of aliphatic hydroxyl groups excluding tert-OH is 1. The number of nitrogens with two attached hydrogens (primary N) is 1. The van der Waals surface area contributed by atoms with Gasteiger partial charge in [-0.3, -0.25) is 19.8 Å². The van der Waals surface area contributed by atoms with Crippen molar-refractivity contribution in [1.29, 1.82) is 5.41 Å². The quantitative estimate of drug-likeness (QED) is 0.116. The summed E-state index contributed by atoms with van der Waals surface area (Å²) < 4.78 is 0. The van der Waals surface area contributed by atoms with Crippen LogP contribution in [0.5, 0.6) is 0 Å². The third kappa shape index (κ3) is 5.14. The fraction of sp³-hybridized carbons (Fsp3) is 0.696. The molecule has 37 heavy (non-hydrogen) atoms. The van der Waals surface area contributed by atoms with E-state index in [1.165, 1.54) is 21.6 Å². The number of aliphatic carboxylic acids is 1. The van der Waals surface area contributed by atoms with Crippen molar-refractivity contribution in [3.8, 4) is 0 Å². The fourth-order valence-corrected chi connectivity index (χ4v) is 7.19. The van der Waals surface area contributed by atoms with E-state index >= 15 is 0 Å². The molecule has 4 aliphatic heterocycles. The molecule has 14 heteroatoms. The van der Waals surface area contributed by atoms with Crippen LogP contribution < -0.4 is 16.4 Å². The number of carbonyl (C=O) groups is 4. The predicted octanol–water partition coefficient (Wildman–Crippen LogP) is -1.85. The smallest absolute Gasteiger partial charge is 0.353 e. The van der Waals surface area contributed by atoms with Gasteiger partial charge in [-0.25, -0.2) is 4.79 Å². The minimum atomic E-state index is -1.16. The molecule has 0 radical (unpaired) electrons. The van der Waals surface area contributed by atoms with Gasteiger partial charge in [0.25, 0.3) is 0 Å². The van der Waals surface area contributed by atoms with Crippen molar-refractivity contribution in [3.05, 3.63) is 10.6 Å². The number of hydrogen-bond donors (Lipinski definition) is 6. The van der Waals surface area contributed by atoms with Crippen LogP contribution in [-0.4, -0.2) is 117 Å². The molecule has 7 N–H and O–H groups in total. The van der Waals surface area contributed by atoms with E-state index in [1.54, 1.807) is 18.9 Å². The lowest BCUT2D eigenvalue weighted by atomic mass is 9.79. The van der Waals surface area contributed by atoms with E-state index in [1.807, 2.05) is 6.92 Å². The van der Waals surface area contributed by atoms with E-state index in [4.69, 9.17) is 11.1 Å². The Morgan fingerprint density at radius 2 is 2.08 bits per heavy atom. The summed E-state index contributed by atoms with van der Waals surface area (Å²) >= 11 is 1.40. The number of likely N-dealkylation sites (tertiary alicyclic amines) is 1. The second-order valence-corrected chi connectivity index (χ2v) is 11.6. The maximum atomic E-state index is 13.1. The van der Waals surface area contributed by atoms with Crippen molar-refractivity contribution in [2.45, 2.75) is 56.2 Å². The number of hydrogen-bond acceptors (Lipinski definition) is 8. The van der Waals surface area contributed by atoms with E-state index in [-0.39, 0.29) is 59.2 Å². The summed E-state index contributed by atoms with van der Waals surface area (Å²) in [7, 11) is 1.56. The van der Waals surface area contributed by atoms with E-state index in [2.05, 4.69) is 10.6 Å². The Morgan fingerprint density at radius 1 is 1.38 bits per heavy atom. The lowest BCUT2D eigenvalue weighted by Gasteiger charge is -2.46. The zero-order chi connectivity index (χ0) is 27.2. The Bertz CT molecular complexity index is 1040. The molecule has 0 aliphatic carbocycles. The number of β-lactam (4-membered cyclic amide) rings is 1. The highest BCUT2D eigenvalue weighted by Gasteiger charge is 2.60. The Balaban J connectivity index is 1.32. The normalized spacial score (nSPS) is 31.7. The van der Waals surface area contributed by atoms with Gasteiger partial charge in [-0.2, -0.15) is 0 Å². The molecule has 4 heterocycles. The van der Waals surface area contributed by atoms with Gasteiger partial charge in [0, 0.05) is 48.8 Å². The Hall–Kier alpha value is -2.84. The number of rotatable bonds is 8. The second-order valence-electron chi connectivity index (χ2n) is 10.3. The highest BCUT2D eigenvalue weighted by molar-refractivity contribution is 8.03. The van der Waals surface area contributed by atoms with E-state index in [9.17, 15) is 29.4 Å². The molecule has 0 aromatic rings. The molecule has 3 saturated heterocycles. The summed E-state index contributed by atoms with van der Waals surface area (Å²) in [5.41, 5.74) is 5.36. The molecule has 0 bridgehead atoms. The summed E-state index contributed by atoms with van der Waals surface area (Å²) in [4.78, 5) is 54.9. The van der Waals surface area contributed by atoms with Crippen LogP contribution in [0.25, 0.3) is 0 Å². The molecule has 6 unspecified atom stereocenters. The number of guanidine groups is 1. The first-order chi connectivity index (χ1) is 17.4. The van der Waals surface area contributed by atoms with Crippen molar-refractivity contribution < 1.29 is 29.4 Å². The van der Waals surface area contributed by atoms with Crippen LogP contribution in [0.4, 0.5) is 0 Å². The monoisotopic (exact) mass is 537 g/mol. The first kappa shape index (κ1) is 27.2. The number of carbonyl (C=O) groups excluding carboxylic acids is 3. The Kier molecular flexibility index (Phi) is 7.72. The molecular formula is C23H35N7O6S. The van der Waals surface area contributed by atoms with Crippen molar-refractivity contribution in [1.82, 2.24) is 25.3 Å². The molecular weight excluding hydrogens is 502 g/mol. The molecule has 4 rings (SSSR count). The maximum Gasteiger partial charge on any atom is 0.353 e. The van der Waals surface area contributed by atoms with Gasteiger partial charge >= 0.3 is 5.97 Å². The van der Waals surface area contributed by atoms with Gasteiger partial charge < -0.3 is 41.3 Å². The molecule has 7 atom stereocenters. The highest BCUT2D eigenvalue weighted by atomic mass is 32.2. The van der Waals surface area contributed by atoms with Crippen LogP contribution in [-0.2, 0) is 19.2 Å². The van der Waals surface area contributed by atoms with Gasteiger partial charge in [0.15, 0.2) is 5.96 Å². The number of thioether (sulfide) groups is 1. The SMILES string of the molecule is CC(O)C1C(=O)N2C(C(=O)O)=C(SC3CNC(C(=O)N4CCC(NC(=O)CN(C)C(=N)N)C4)C3)C(C)[C@@H]12. The summed E-state index contributed by atoms with van der Waals surface area (Å²) in [5.74, 6) is -2.86. The summed E-state index contributed by atoms with van der Waals surface area (Å²) in [6.07, 6.45) is 0.297. The van der Waals surface area contributed by atoms with Gasteiger partial charge in [0.2, 0.25) is 17.7 Å². The van der Waals surface area contributed by atoms with Gasteiger partial charge in [-0.15, -0.1) is 11.8 Å². The zero-order valence-electron chi connectivity index (χ0n) is 21.1. The summed E-state index contributed by atoms with van der Waals surface area (Å²) in [6, 6.07) is -0.944. The average Bonchev–Trinajstić information content (AvgIpc) is 3.52. The lowest BCUT2D eigenvalue weighted by molar-refractivity contribution is -0.163. The molecule has 0 aromatic carbocycles. The number of amides is 3. The molecule has 204 valence electrons. The third-order valence-electron chi connectivity index (χ3n) is 7.65. The minimum Gasteiger partial charge on any atom is -0.477 e. The van der Waals surface area contributed by atoms with Crippen molar-refractivity contribution in [2.24, 2.45) is 17.6 Å². The Labute approximate surface area is 219 Å². The van der Waals surface area contributed by atoms with Crippen LogP contribution in [0.3, 0.4) is 0 Å². The number of aliphatic hydroxyl groups is 1. The standard InChI is InChI=1S/C23H35N7O6S/c1-10-17-16(11(2)31)21(34)30(17)18(22(35)36)19(10)37-13-6-14(26-7-13)20(33)29-5-4-12(8-29)27-15(32)9-28(3)23(24)25/h10-14,16-17,26,31H,4-9H2,1-3H3,(H3,24,25)(H,27,32)(H,35,36)/t10?,11?,12?,13?,14?,16?,17-/m0/s1. The molecule has 0 saturated carbocycles. The largest absolute Gasteiger partial charge is 0.477 e. The van der Waals surface area contributed by atoms with Crippen molar-refractivity contribution in [2.75, 3.05) is 33.2 Å². The van der Waals surface area contributed by atoms with Gasteiger partial charge in [0.1, 0.15) is 5.70 Å². The van der Waals surface area contributed by atoms with Crippen molar-refractivity contribution >= 4 is 41.4 Å². The molecule has 4 aliphatic rings. The number of carboxylic acids is 1. The van der Waals surface area contributed by atoms with E-state index in [0.29, 0.717) is 37.4 Å². The molecule has 13 nitrogen and oxygen atoms in total. The molecule has 0 spiro atoms. The predicted molar refractivity (Wildman–Crippen MR) is 135 cm³/mol. The van der Waals surface area contributed by atoms with E-state index in [0.717, 1.165) is 0 Å². The van der Waals surface area contributed by atoms with Crippen LogP contribution in [0.2, 0.25) is 0 Å². The van der Waals surface area contributed by atoms with E-state index < -0.39 is 24.0 Å². The topological polar surface area (TPSA) is 192 Å². The highest BCUT2D eigenvalue weighted by Crippen LogP contribution is 2.51. The third-order valence-corrected chi connectivity index (χ3v) is 9.16. The summed E-state index contributed by atoms with van der Waals surface area (Å²) in [6.45, 7) is 4.84. The zero-order valence-corrected chi connectivity index (χ0v) is 22.0. The summed E-state index contributed by atoms with van der Waals surface area (Å²) in [5, 5.41) is 33.3. The first-order valence-electron chi connectivity index (χ1n) is 12.4. The van der Waals surface area contributed by atoms with Gasteiger partial charge in [-0.05, 0) is 19.8 Å². The maximum absolute atomic E-state index is 13.1. The van der Waals surface area contributed by atoms with Crippen LogP contribution in [0, 0.1) is 17.2 Å². The second kappa shape index (κ2) is 10.5. The number of carboxylic acid groups (broad SMARTS) is 1. The lowest BCUT2D eigenvalue weighted by Crippen LogP contribution is -2.63. The fourth-order valence-electron chi connectivity index (χ4n) is 5.71. The first-order valence-corrected chi connectivity index (χ1v) is 13.3. The Morgan fingerprint density at radius 3 is 2.70 bits per heavy atom. The molecule has 0 aromatic heterocycles. The minimum absolute atomic E-state index is 0.00674. The van der Waals surface area contributed by atoms with Crippen LogP contribution in [0.15, 0.2) is 10.6 Å².